The molecule has 94 valence electrons. The third-order valence-electron chi connectivity index (χ3n) is 2.74. The third kappa shape index (κ3) is 3.26. The highest BCUT2D eigenvalue weighted by Crippen LogP contribution is 2.25. The van der Waals surface area contributed by atoms with E-state index in [-0.39, 0.29) is 11.2 Å². The van der Waals surface area contributed by atoms with Crippen LogP contribution in [0.5, 0.6) is 5.75 Å². The van der Waals surface area contributed by atoms with Crippen LogP contribution in [-0.4, -0.2) is 33.6 Å². The minimum Gasteiger partial charge on any atom is -0.502 e. The van der Waals surface area contributed by atoms with Crippen molar-refractivity contribution in [1.29, 1.82) is 0 Å². The fraction of sp³-hybridized carbons (Fsp3) is 0.583. The van der Waals surface area contributed by atoms with E-state index in [9.17, 15) is 4.79 Å². The molecule has 0 aromatic carbocycles. The number of rotatable bonds is 2. The van der Waals surface area contributed by atoms with Crippen molar-refractivity contribution in [3.05, 3.63) is 28.3 Å². The molecule has 1 aromatic rings. The van der Waals surface area contributed by atoms with Crippen molar-refractivity contribution in [2.75, 3.05) is 13.1 Å². The zero-order chi connectivity index (χ0) is 12.4. The van der Waals surface area contributed by atoms with Gasteiger partial charge in [-0.2, -0.15) is 11.8 Å². The Morgan fingerprint density at radius 3 is 2.71 bits per heavy atom. The average Bonchev–Trinajstić information content (AvgIpc) is 2.22. The first-order valence-electron chi connectivity index (χ1n) is 5.73. The second-order valence-electron chi connectivity index (χ2n) is 4.55. The molecule has 2 atom stereocenters. The number of aromatic hydroxyl groups is 1. The summed E-state index contributed by atoms with van der Waals surface area (Å²) < 4.78 is 5.21. The fourth-order valence-corrected chi connectivity index (χ4v) is 3.55. The predicted molar refractivity (Wildman–Crippen MR) is 68.4 cm³/mol. The lowest BCUT2D eigenvalue weighted by Gasteiger charge is -2.34. The minimum atomic E-state index is -0.376. The van der Waals surface area contributed by atoms with Crippen molar-refractivity contribution < 1.29 is 9.52 Å². The van der Waals surface area contributed by atoms with Crippen molar-refractivity contribution in [3.63, 3.8) is 0 Å². The zero-order valence-corrected chi connectivity index (χ0v) is 10.9. The fourth-order valence-electron chi connectivity index (χ4n) is 2.16. The molecule has 0 unspecified atom stereocenters. The molecule has 0 aliphatic carbocycles. The molecule has 0 spiro atoms. The van der Waals surface area contributed by atoms with Gasteiger partial charge in [-0.05, 0) is 0 Å². The average molecular weight is 255 g/mol. The van der Waals surface area contributed by atoms with E-state index >= 15 is 0 Å². The Kier molecular flexibility index (Phi) is 3.79. The molecule has 17 heavy (non-hydrogen) atoms. The van der Waals surface area contributed by atoms with E-state index in [0.717, 1.165) is 19.4 Å². The van der Waals surface area contributed by atoms with Gasteiger partial charge in [0, 0.05) is 29.7 Å². The lowest BCUT2D eigenvalue weighted by Crippen LogP contribution is -2.39. The molecule has 0 radical (unpaired) electrons. The molecule has 4 nitrogen and oxygen atoms in total. The summed E-state index contributed by atoms with van der Waals surface area (Å²) in [5.74, 6) is 0.281. The van der Waals surface area contributed by atoms with Gasteiger partial charge >= 0.3 is 0 Å². The molecule has 1 saturated heterocycles. The van der Waals surface area contributed by atoms with E-state index in [1.54, 1.807) is 0 Å². The van der Waals surface area contributed by atoms with Crippen LogP contribution in [0.4, 0.5) is 0 Å². The summed E-state index contributed by atoms with van der Waals surface area (Å²) in [6, 6.07) is 1.37. The van der Waals surface area contributed by atoms with E-state index < -0.39 is 0 Å². The molecule has 0 bridgehead atoms. The molecular formula is C12H17NO3S. The molecule has 0 amide bonds. The highest BCUT2D eigenvalue weighted by atomic mass is 32.2. The molecule has 2 heterocycles. The highest BCUT2D eigenvalue weighted by molar-refractivity contribution is 8.00. The number of hydrogen-bond donors (Lipinski definition) is 1. The molecule has 0 saturated carbocycles. The van der Waals surface area contributed by atoms with Crippen LogP contribution in [0, 0.1) is 0 Å². The predicted octanol–water partition coefficient (Wildman–Crippen LogP) is 1.67. The van der Waals surface area contributed by atoms with Gasteiger partial charge in [-0.15, -0.1) is 0 Å². The Morgan fingerprint density at radius 1 is 1.47 bits per heavy atom. The molecule has 1 fully saturated rings. The zero-order valence-electron chi connectivity index (χ0n) is 10.0. The summed E-state index contributed by atoms with van der Waals surface area (Å²) >= 11 is 1.99. The summed E-state index contributed by atoms with van der Waals surface area (Å²) in [7, 11) is 0. The molecular weight excluding hydrogens is 238 g/mol. The summed E-state index contributed by atoms with van der Waals surface area (Å²) in [5.41, 5.74) is -0.376. The van der Waals surface area contributed by atoms with Gasteiger partial charge in [0.1, 0.15) is 12.0 Å². The lowest BCUT2D eigenvalue weighted by molar-refractivity contribution is 0.237. The van der Waals surface area contributed by atoms with Gasteiger partial charge in [0.05, 0.1) is 6.54 Å². The molecule has 5 heteroatoms. The van der Waals surface area contributed by atoms with Crippen LogP contribution < -0.4 is 5.43 Å². The van der Waals surface area contributed by atoms with Gasteiger partial charge < -0.3 is 9.52 Å². The third-order valence-corrected chi connectivity index (χ3v) is 3.97. The maximum Gasteiger partial charge on any atom is 0.226 e. The van der Waals surface area contributed by atoms with Crippen LogP contribution in [0.2, 0.25) is 0 Å². The lowest BCUT2D eigenvalue weighted by atomic mass is 10.3. The second-order valence-corrected chi connectivity index (χ2v) is 6.43. The summed E-state index contributed by atoms with van der Waals surface area (Å²) in [4.78, 5) is 13.6. The van der Waals surface area contributed by atoms with E-state index in [1.807, 2.05) is 11.8 Å². The van der Waals surface area contributed by atoms with Crippen LogP contribution in [-0.2, 0) is 6.54 Å². The van der Waals surface area contributed by atoms with Crippen LogP contribution in [0.3, 0.4) is 0 Å². The standard InChI is InChI=1S/C12H17NO3S/c1-8-4-13(5-9(2)17-8)6-10-3-11(14)12(15)7-16-10/h3,7-9,15H,4-6H2,1-2H3/t8-,9-/m1/s1. The molecule has 1 N–H and O–H groups in total. The van der Waals surface area contributed by atoms with Crippen molar-refractivity contribution in [2.45, 2.75) is 30.9 Å². The summed E-state index contributed by atoms with van der Waals surface area (Å²) in [5, 5.41) is 10.3. The normalized spacial score (nSPS) is 26.0. The van der Waals surface area contributed by atoms with Crippen molar-refractivity contribution in [2.24, 2.45) is 0 Å². The molecule has 1 aromatic heterocycles. The number of nitrogens with zero attached hydrogens (tertiary/aromatic N) is 1. The minimum absolute atomic E-state index is 0.329. The van der Waals surface area contributed by atoms with Gasteiger partial charge in [0.15, 0.2) is 5.75 Å². The van der Waals surface area contributed by atoms with Crippen molar-refractivity contribution >= 4 is 11.8 Å². The monoisotopic (exact) mass is 255 g/mol. The maximum atomic E-state index is 11.3. The Balaban J connectivity index is 2.05. The SMILES string of the molecule is C[C@@H]1CN(Cc2cc(=O)c(O)co2)C[C@@H](C)S1. The van der Waals surface area contributed by atoms with Crippen LogP contribution in [0.15, 0.2) is 21.5 Å². The van der Waals surface area contributed by atoms with Crippen LogP contribution in [0.1, 0.15) is 19.6 Å². The van der Waals surface area contributed by atoms with Crippen LogP contribution >= 0.6 is 11.8 Å². The van der Waals surface area contributed by atoms with Gasteiger partial charge in [-0.1, -0.05) is 13.8 Å². The number of thioether (sulfide) groups is 1. The van der Waals surface area contributed by atoms with E-state index in [0.29, 0.717) is 22.8 Å². The van der Waals surface area contributed by atoms with E-state index in [4.69, 9.17) is 9.52 Å². The first-order valence-corrected chi connectivity index (χ1v) is 6.67. The molecule has 1 aliphatic rings. The second kappa shape index (κ2) is 5.14. The smallest absolute Gasteiger partial charge is 0.226 e. The van der Waals surface area contributed by atoms with E-state index in [2.05, 4.69) is 18.7 Å². The molecule has 1 aliphatic heterocycles. The van der Waals surface area contributed by atoms with Crippen molar-refractivity contribution in [1.82, 2.24) is 4.90 Å². The van der Waals surface area contributed by atoms with Gasteiger partial charge in [0.25, 0.3) is 0 Å². The first kappa shape index (κ1) is 12.5. The largest absolute Gasteiger partial charge is 0.502 e. The number of hydrogen-bond acceptors (Lipinski definition) is 5. The topological polar surface area (TPSA) is 53.7 Å². The Bertz CT molecular complexity index is 436. The molecule has 2 rings (SSSR count). The van der Waals surface area contributed by atoms with Crippen LogP contribution in [0.25, 0.3) is 0 Å². The van der Waals surface area contributed by atoms with Crippen molar-refractivity contribution in [3.8, 4) is 5.75 Å². The summed E-state index contributed by atoms with van der Waals surface area (Å²) in [6.45, 7) is 7.05. The maximum absolute atomic E-state index is 11.3. The van der Waals surface area contributed by atoms with Gasteiger partial charge in [-0.3, -0.25) is 9.69 Å². The highest BCUT2D eigenvalue weighted by Gasteiger charge is 2.22. The Labute approximate surface area is 105 Å². The Morgan fingerprint density at radius 2 is 2.12 bits per heavy atom. The quantitative estimate of drug-likeness (QED) is 0.871. The van der Waals surface area contributed by atoms with Gasteiger partial charge in [0.2, 0.25) is 5.43 Å². The first-order chi connectivity index (χ1) is 8.04. The van der Waals surface area contributed by atoms with E-state index in [1.165, 1.54) is 6.07 Å². The Hall–Kier alpha value is -0.940. The summed E-state index contributed by atoms with van der Waals surface area (Å²) in [6.07, 6.45) is 1.11. The van der Waals surface area contributed by atoms with Gasteiger partial charge in [-0.25, -0.2) is 0 Å².